The van der Waals surface area contributed by atoms with Gasteiger partial charge >= 0.3 is 0 Å². The van der Waals surface area contributed by atoms with Gasteiger partial charge in [0.15, 0.2) is 0 Å². The van der Waals surface area contributed by atoms with E-state index in [-0.39, 0.29) is 5.60 Å². The van der Waals surface area contributed by atoms with Crippen molar-refractivity contribution >= 4 is 15.9 Å². The van der Waals surface area contributed by atoms with Crippen LogP contribution in [-0.4, -0.2) is 19.3 Å². The van der Waals surface area contributed by atoms with Crippen LogP contribution in [0.25, 0.3) is 0 Å². The van der Waals surface area contributed by atoms with Gasteiger partial charge in [-0.15, -0.1) is 0 Å². The Morgan fingerprint density at radius 2 is 2.12 bits per heavy atom. The first-order valence-corrected chi connectivity index (χ1v) is 6.54. The van der Waals surface area contributed by atoms with Crippen molar-refractivity contribution in [1.29, 1.82) is 0 Å². The average Bonchev–Trinajstić information content (AvgIpc) is 2.25. The number of hydrogen-bond donors (Lipinski definition) is 1. The Bertz CT molecular complexity index is 344. The van der Waals surface area contributed by atoms with E-state index in [9.17, 15) is 0 Å². The molecule has 16 heavy (non-hydrogen) atoms. The molecule has 0 atom stereocenters. The van der Waals surface area contributed by atoms with Crippen LogP contribution < -0.4 is 5.32 Å². The van der Waals surface area contributed by atoms with E-state index in [1.54, 1.807) is 0 Å². The van der Waals surface area contributed by atoms with Crippen molar-refractivity contribution in [2.45, 2.75) is 31.4 Å². The minimum atomic E-state index is 0.112. The summed E-state index contributed by atoms with van der Waals surface area (Å²) in [5.74, 6) is 0. The number of methoxy groups -OCH3 is 1. The minimum Gasteiger partial charge on any atom is -0.377 e. The smallest absolute Gasteiger partial charge is 0.0802 e. The molecule has 0 aromatic heterocycles. The van der Waals surface area contributed by atoms with Crippen molar-refractivity contribution in [2.75, 3.05) is 13.7 Å². The molecule has 0 radical (unpaired) electrons. The number of nitrogens with one attached hydrogen (secondary N) is 1. The fourth-order valence-corrected chi connectivity index (χ4v) is 2.52. The first kappa shape index (κ1) is 12.1. The molecule has 1 N–H and O–H groups in total. The zero-order valence-corrected chi connectivity index (χ0v) is 11.2. The van der Waals surface area contributed by atoms with E-state index in [4.69, 9.17) is 4.74 Å². The van der Waals surface area contributed by atoms with Gasteiger partial charge in [0.1, 0.15) is 0 Å². The number of rotatable bonds is 5. The van der Waals surface area contributed by atoms with Crippen molar-refractivity contribution in [3.05, 3.63) is 34.3 Å². The Morgan fingerprint density at radius 3 is 2.69 bits per heavy atom. The highest BCUT2D eigenvalue weighted by Crippen LogP contribution is 2.34. The molecule has 2 nitrogen and oxygen atoms in total. The van der Waals surface area contributed by atoms with Crippen LogP contribution in [0, 0.1) is 0 Å². The maximum atomic E-state index is 5.57. The fraction of sp³-hybridized carbons (Fsp3) is 0.538. The third-order valence-corrected chi connectivity index (χ3v) is 4.19. The summed E-state index contributed by atoms with van der Waals surface area (Å²) < 4.78 is 6.74. The number of halogens is 1. The molecule has 1 aliphatic carbocycles. The lowest BCUT2D eigenvalue weighted by molar-refractivity contribution is -0.0695. The largest absolute Gasteiger partial charge is 0.377 e. The van der Waals surface area contributed by atoms with Crippen LogP contribution in [0.4, 0.5) is 0 Å². The molecular formula is C13H18BrNO. The molecule has 0 bridgehead atoms. The second kappa shape index (κ2) is 5.30. The van der Waals surface area contributed by atoms with Crippen LogP contribution in [0.1, 0.15) is 24.8 Å². The van der Waals surface area contributed by atoms with Crippen molar-refractivity contribution in [3.8, 4) is 0 Å². The summed E-state index contributed by atoms with van der Waals surface area (Å²) in [7, 11) is 1.82. The van der Waals surface area contributed by atoms with Crippen LogP contribution >= 0.6 is 15.9 Å². The molecule has 2 rings (SSSR count). The van der Waals surface area contributed by atoms with E-state index >= 15 is 0 Å². The van der Waals surface area contributed by atoms with Crippen LogP contribution in [0.3, 0.4) is 0 Å². The van der Waals surface area contributed by atoms with Gasteiger partial charge in [0.05, 0.1) is 5.60 Å². The molecule has 3 heteroatoms. The second-order valence-electron chi connectivity index (χ2n) is 4.44. The van der Waals surface area contributed by atoms with E-state index in [0.717, 1.165) is 13.1 Å². The van der Waals surface area contributed by atoms with Gasteiger partial charge in [-0.25, -0.2) is 0 Å². The summed E-state index contributed by atoms with van der Waals surface area (Å²) in [4.78, 5) is 0. The number of hydrogen-bond acceptors (Lipinski definition) is 2. The Balaban J connectivity index is 1.82. The van der Waals surface area contributed by atoms with E-state index < -0.39 is 0 Å². The van der Waals surface area contributed by atoms with Gasteiger partial charge in [-0.05, 0) is 30.9 Å². The second-order valence-corrected chi connectivity index (χ2v) is 5.29. The monoisotopic (exact) mass is 283 g/mol. The molecule has 0 saturated heterocycles. The highest BCUT2D eigenvalue weighted by Gasteiger charge is 2.36. The van der Waals surface area contributed by atoms with Crippen molar-refractivity contribution in [1.82, 2.24) is 5.32 Å². The first-order valence-electron chi connectivity index (χ1n) is 5.75. The van der Waals surface area contributed by atoms with Gasteiger partial charge < -0.3 is 10.1 Å². The third-order valence-electron chi connectivity index (χ3n) is 3.42. The van der Waals surface area contributed by atoms with Gasteiger partial charge in [0.2, 0.25) is 0 Å². The summed E-state index contributed by atoms with van der Waals surface area (Å²) in [6.07, 6.45) is 3.67. The minimum absolute atomic E-state index is 0.112. The molecule has 0 heterocycles. The first-order chi connectivity index (χ1) is 7.76. The van der Waals surface area contributed by atoms with Crippen molar-refractivity contribution in [2.24, 2.45) is 0 Å². The Morgan fingerprint density at radius 1 is 1.38 bits per heavy atom. The van der Waals surface area contributed by atoms with Gasteiger partial charge in [-0.3, -0.25) is 0 Å². The highest BCUT2D eigenvalue weighted by molar-refractivity contribution is 9.10. The molecule has 88 valence electrons. The molecule has 1 aromatic rings. The highest BCUT2D eigenvalue weighted by atomic mass is 79.9. The molecule has 0 amide bonds. The number of benzene rings is 1. The normalized spacial score (nSPS) is 18.1. The lowest BCUT2D eigenvalue weighted by Crippen LogP contribution is -2.47. The average molecular weight is 284 g/mol. The Kier molecular flexibility index (Phi) is 4.00. The molecular weight excluding hydrogens is 266 g/mol. The third kappa shape index (κ3) is 2.65. The molecule has 1 saturated carbocycles. The fourth-order valence-electron chi connectivity index (χ4n) is 2.09. The van der Waals surface area contributed by atoms with E-state index in [2.05, 4.69) is 39.4 Å². The summed E-state index contributed by atoms with van der Waals surface area (Å²) in [5, 5.41) is 3.48. The molecule has 0 spiro atoms. The predicted molar refractivity (Wildman–Crippen MR) is 69.4 cm³/mol. The van der Waals surface area contributed by atoms with Gasteiger partial charge in [0, 0.05) is 24.7 Å². The molecule has 0 aliphatic heterocycles. The SMILES string of the molecule is COC1(CNCc2ccccc2Br)CCC1. The van der Waals surface area contributed by atoms with E-state index in [1.807, 2.05) is 13.2 Å². The quantitative estimate of drug-likeness (QED) is 0.897. The lowest BCUT2D eigenvalue weighted by Gasteiger charge is -2.40. The predicted octanol–water partition coefficient (Wildman–Crippen LogP) is 3.11. The maximum absolute atomic E-state index is 5.57. The summed E-state index contributed by atoms with van der Waals surface area (Å²) >= 11 is 3.55. The molecule has 1 fully saturated rings. The molecule has 0 unspecified atom stereocenters. The van der Waals surface area contributed by atoms with Crippen LogP contribution in [-0.2, 0) is 11.3 Å². The van der Waals surface area contributed by atoms with Gasteiger partial charge in [-0.2, -0.15) is 0 Å². The molecule has 1 aliphatic rings. The lowest BCUT2D eigenvalue weighted by atomic mass is 9.80. The van der Waals surface area contributed by atoms with Crippen molar-refractivity contribution < 1.29 is 4.74 Å². The van der Waals surface area contributed by atoms with Crippen molar-refractivity contribution in [3.63, 3.8) is 0 Å². The Labute approximate surface area is 106 Å². The Hall–Kier alpha value is -0.380. The van der Waals surface area contributed by atoms with Gasteiger partial charge in [0.25, 0.3) is 0 Å². The maximum Gasteiger partial charge on any atom is 0.0802 e. The van der Waals surface area contributed by atoms with Crippen LogP contribution in [0.2, 0.25) is 0 Å². The van der Waals surface area contributed by atoms with Gasteiger partial charge in [-0.1, -0.05) is 34.1 Å². The van der Waals surface area contributed by atoms with E-state index in [1.165, 1.54) is 29.3 Å². The zero-order chi connectivity index (χ0) is 11.4. The number of ether oxygens (including phenoxy) is 1. The van der Waals surface area contributed by atoms with Crippen LogP contribution in [0.5, 0.6) is 0 Å². The summed E-state index contributed by atoms with van der Waals surface area (Å²) in [6.45, 7) is 1.84. The topological polar surface area (TPSA) is 21.3 Å². The zero-order valence-electron chi connectivity index (χ0n) is 9.63. The van der Waals surface area contributed by atoms with Crippen LogP contribution in [0.15, 0.2) is 28.7 Å². The summed E-state index contributed by atoms with van der Waals surface area (Å²) in [5.41, 5.74) is 1.41. The van der Waals surface area contributed by atoms with E-state index in [0.29, 0.717) is 0 Å². The molecule has 1 aromatic carbocycles. The standard InChI is InChI=1S/C13H18BrNO/c1-16-13(7-4-8-13)10-15-9-11-5-2-3-6-12(11)14/h2-3,5-6,15H,4,7-10H2,1H3. The summed E-state index contributed by atoms with van der Waals surface area (Å²) in [6, 6.07) is 8.32.